The monoisotopic (exact) mass is 318 g/mol. The van der Waals surface area contributed by atoms with Crippen LogP contribution in [0.2, 0.25) is 5.02 Å². The van der Waals surface area contributed by atoms with Crippen molar-refractivity contribution in [1.82, 2.24) is 9.97 Å². The van der Waals surface area contributed by atoms with Gasteiger partial charge in [-0.1, -0.05) is 11.6 Å². The summed E-state index contributed by atoms with van der Waals surface area (Å²) in [5, 5.41) is 3.37. The molecule has 1 saturated heterocycles. The molecule has 0 saturated carbocycles. The van der Waals surface area contributed by atoms with E-state index in [0.717, 1.165) is 18.9 Å². The summed E-state index contributed by atoms with van der Waals surface area (Å²) in [6, 6.07) is 6.89. The number of halogens is 1. The number of aromatic nitrogens is 2. The number of carbonyl (C=O) groups excluding carboxylic acids is 1. The maximum atomic E-state index is 12.1. The summed E-state index contributed by atoms with van der Waals surface area (Å²) in [7, 11) is 0. The number of hydrogen-bond donors (Lipinski definition) is 1. The van der Waals surface area contributed by atoms with Crippen molar-refractivity contribution in [3.05, 3.63) is 47.4 Å². The Hall–Kier alpha value is -2.18. The topological polar surface area (TPSA) is 67.4 Å². The van der Waals surface area contributed by atoms with Gasteiger partial charge >= 0.3 is 0 Å². The molecule has 6 nitrogen and oxygen atoms in total. The van der Waals surface area contributed by atoms with E-state index in [2.05, 4.69) is 20.2 Å². The molecule has 1 aromatic carbocycles. The first-order valence-corrected chi connectivity index (χ1v) is 7.32. The predicted octanol–water partition coefficient (Wildman–Crippen LogP) is 2.22. The van der Waals surface area contributed by atoms with Crippen LogP contribution in [0.25, 0.3) is 0 Å². The van der Waals surface area contributed by atoms with E-state index in [0.29, 0.717) is 23.9 Å². The quantitative estimate of drug-likeness (QED) is 0.940. The second-order valence-corrected chi connectivity index (χ2v) is 5.26. The molecule has 2 heterocycles. The van der Waals surface area contributed by atoms with Crippen LogP contribution in [0, 0.1) is 0 Å². The first kappa shape index (κ1) is 14.7. The summed E-state index contributed by atoms with van der Waals surface area (Å²) in [5.74, 6) is 0.453. The minimum atomic E-state index is -0.302. The lowest BCUT2D eigenvalue weighted by atomic mass is 10.3. The highest BCUT2D eigenvalue weighted by Crippen LogP contribution is 2.15. The third-order valence-corrected chi connectivity index (χ3v) is 3.56. The molecular weight excluding hydrogens is 304 g/mol. The van der Waals surface area contributed by atoms with Crippen LogP contribution in [0.1, 0.15) is 10.5 Å². The molecule has 0 aliphatic carbocycles. The molecule has 0 unspecified atom stereocenters. The van der Waals surface area contributed by atoms with Crippen molar-refractivity contribution < 1.29 is 9.53 Å². The minimum Gasteiger partial charge on any atom is -0.378 e. The molecular formula is C15H15ClN4O2. The number of benzene rings is 1. The minimum absolute atomic E-state index is 0.270. The average Bonchev–Trinajstić information content (AvgIpc) is 2.58. The van der Waals surface area contributed by atoms with E-state index in [-0.39, 0.29) is 11.6 Å². The molecule has 1 aliphatic rings. The Morgan fingerprint density at radius 1 is 1.14 bits per heavy atom. The van der Waals surface area contributed by atoms with Crippen LogP contribution in [0.5, 0.6) is 0 Å². The van der Waals surface area contributed by atoms with E-state index in [1.54, 1.807) is 30.5 Å². The van der Waals surface area contributed by atoms with E-state index in [1.807, 2.05) is 0 Å². The summed E-state index contributed by atoms with van der Waals surface area (Å²) in [6.45, 7) is 2.93. The zero-order chi connectivity index (χ0) is 15.4. The van der Waals surface area contributed by atoms with E-state index >= 15 is 0 Å². The predicted molar refractivity (Wildman–Crippen MR) is 84.5 cm³/mol. The third-order valence-electron chi connectivity index (χ3n) is 3.31. The van der Waals surface area contributed by atoms with Crippen molar-refractivity contribution in [3.8, 4) is 0 Å². The van der Waals surface area contributed by atoms with Gasteiger partial charge in [0.15, 0.2) is 0 Å². The van der Waals surface area contributed by atoms with Crippen molar-refractivity contribution in [2.24, 2.45) is 0 Å². The molecule has 0 spiro atoms. The summed E-state index contributed by atoms with van der Waals surface area (Å²) >= 11 is 5.81. The Balaban J connectivity index is 1.66. The molecule has 22 heavy (non-hydrogen) atoms. The first-order chi connectivity index (χ1) is 10.7. The Labute approximate surface area is 133 Å². The van der Waals surface area contributed by atoms with E-state index in [1.165, 1.54) is 6.20 Å². The van der Waals surface area contributed by atoms with Gasteiger partial charge in [0, 0.05) is 23.8 Å². The Morgan fingerprint density at radius 2 is 1.86 bits per heavy atom. The number of nitrogens with zero attached hydrogens (tertiary/aromatic N) is 3. The molecule has 0 atom stereocenters. The number of anilines is 2. The van der Waals surface area contributed by atoms with Gasteiger partial charge in [-0.25, -0.2) is 9.97 Å². The van der Waals surface area contributed by atoms with Crippen molar-refractivity contribution in [1.29, 1.82) is 0 Å². The van der Waals surface area contributed by atoms with Crippen LogP contribution in [0.4, 0.5) is 11.5 Å². The Morgan fingerprint density at radius 3 is 2.50 bits per heavy atom. The summed E-state index contributed by atoms with van der Waals surface area (Å²) in [4.78, 5) is 22.7. The second kappa shape index (κ2) is 6.72. The van der Waals surface area contributed by atoms with Crippen LogP contribution in [-0.2, 0) is 4.74 Å². The van der Waals surface area contributed by atoms with Gasteiger partial charge in [0.25, 0.3) is 5.91 Å². The lowest BCUT2D eigenvalue weighted by Crippen LogP contribution is -2.36. The largest absolute Gasteiger partial charge is 0.378 e. The summed E-state index contributed by atoms with van der Waals surface area (Å²) in [6.07, 6.45) is 3.10. The maximum Gasteiger partial charge on any atom is 0.275 e. The molecule has 0 bridgehead atoms. The van der Waals surface area contributed by atoms with Gasteiger partial charge in [-0.15, -0.1) is 0 Å². The molecule has 1 fully saturated rings. The number of nitrogens with one attached hydrogen (secondary N) is 1. The van der Waals surface area contributed by atoms with E-state index in [9.17, 15) is 4.79 Å². The zero-order valence-electron chi connectivity index (χ0n) is 11.8. The standard InChI is InChI=1S/C15H15ClN4O2/c16-11-1-3-12(4-2-11)19-15(21)13-9-18-14(10-17-13)20-5-7-22-8-6-20/h1-4,9-10H,5-8H2,(H,19,21). The number of carbonyl (C=O) groups is 1. The van der Waals surface area contributed by atoms with Crippen LogP contribution in [-0.4, -0.2) is 42.2 Å². The van der Waals surface area contributed by atoms with Crippen molar-refractivity contribution in [2.75, 3.05) is 36.5 Å². The zero-order valence-corrected chi connectivity index (χ0v) is 12.6. The normalized spacial score (nSPS) is 14.7. The van der Waals surface area contributed by atoms with Crippen molar-refractivity contribution >= 4 is 29.0 Å². The van der Waals surface area contributed by atoms with Gasteiger partial charge in [-0.3, -0.25) is 4.79 Å². The number of hydrogen-bond acceptors (Lipinski definition) is 5. The number of morpholine rings is 1. The summed E-state index contributed by atoms with van der Waals surface area (Å²) < 4.78 is 5.29. The van der Waals surface area contributed by atoms with Crippen LogP contribution < -0.4 is 10.2 Å². The second-order valence-electron chi connectivity index (χ2n) is 4.82. The van der Waals surface area contributed by atoms with Gasteiger partial charge in [-0.05, 0) is 24.3 Å². The molecule has 7 heteroatoms. The number of ether oxygens (including phenoxy) is 1. The molecule has 2 aromatic rings. The average molecular weight is 319 g/mol. The molecule has 1 aromatic heterocycles. The highest BCUT2D eigenvalue weighted by molar-refractivity contribution is 6.30. The van der Waals surface area contributed by atoms with Crippen molar-refractivity contribution in [2.45, 2.75) is 0 Å². The first-order valence-electron chi connectivity index (χ1n) is 6.94. The number of rotatable bonds is 3. The maximum absolute atomic E-state index is 12.1. The van der Waals surface area contributed by atoms with E-state index < -0.39 is 0 Å². The van der Waals surface area contributed by atoms with Gasteiger partial charge in [0.05, 0.1) is 25.6 Å². The molecule has 3 rings (SSSR count). The van der Waals surface area contributed by atoms with Crippen molar-refractivity contribution in [3.63, 3.8) is 0 Å². The Kier molecular flexibility index (Phi) is 4.50. The highest BCUT2D eigenvalue weighted by atomic mass is 35.5. The number of amides is 1. The van der Waals surface area contributed by atoms with Crippen LogP contribution in [0.3, 0.4) is 0 Å². The Bertz CT molecular complexity index is 640. The molecule has 114 valence electrons. The molecule has 1 amide bonds. The third kappa shape index (κ3) is 3.52. The SMILES string of the molecule is O=C(Nc1ccc(Cl)cc1)c1cnc(N2CCOCC2)cn1. The molecule has 1 aliphatic heterocycles. The molecule has 0 radical (unpaired) electrons. The summed E-state index contributed by atoms with van der Waals surface area (Å²) in [5.41, 5.74) is 0.931. The fraction of sp³-hybridized carbons (Fsp3) is 0.267. The van der Waals surface area contributed by atoms with Gasteiger partial charge in [0.2, 0.25) is 0 Å². The lowest BCUT2D eigenvalue weighted by molar-refractivity contribution is 0.102. The fourth-order valence-corrected chi connectivity index (χ4v) is 2.25. The molecule has 1 N–H and O–H groups in total. The lowest BCUT2D eigenvalue weighted by Gasteiger charge is -2.27. The van der Waals surface area contributed by atoms with Gasteiger partial charge < -0.3 is 15.0 Å². The highest BCUT2D eigenvalue weighted by Gasteiger charge is 2.14. The van der Waals surface area contributed by atoms with E-state index in [4.69, 9.17) is 16.3 Å². The smallest absolute Gasteiger partial charge is 0.275 e. The van der Waals surface area contributed by atoms with Crippen LogP contribution >= 0.6 is 11.6 Å². The fourth-order valence-electron chi connectivity index (χ4n) is 2.12. The van der Waals surface area contributed by atoms with Gasteiger partial charge in [0.1, 0.15) is 11.5 Å². The van der Waals surface area contributed by atoms with Crippen LogP contribution in [0.15, 0.2) is 36.7 Å². The van der Waals surface area contributed by atoms with Gasteiger partial charge in [-0.2, -0.15) is 0 Å².